The first kappa shape index (κ1) is 18.3. The molecule has 0 aliphatic rings. The van der Waals surface area contributed by atoms with Gasteiger partial charge in [-0.3, -0.25) is 14.3 Å². The second-order valence-electron chi connectivity index (χ2n) is 5.53. The lowest BCUT2D eigenvalue weighted by atomic mass is 10.2. The van der Waals surface area contributed by atoms with Crippen molar-refractivity contribution in [2.75, 3.05) is 11.1 Å². The van der Waals surface area contributed by atoms with E-state index in [1.807, 2.05) is 6.07 Å². The van der Waals surface area contributed by atoms with Crippen LogP contribution in [0.25, 0.3) is 17.1 Å². The maximum absolute atomic E-state index is 13.4. The number of carbonyl (C=O) groups is 1. The van der Waals surface area contributed by atoms with E-state index in [0.29, 0.717) is 21.8 Å². The lowest BCUT2D eigenvalue weighted by molar-refractivity contribution is -0.113. The molecular formula is C18H13FN6OS2. The maximum atomic E-state index is 13.4. The highest BCUT2D eigenvalue weighted by Crippen LogP contribution is 2.27. The molecule has 0 bridgehead atoms. The molecule has 0 atom stereocenters. The van der Waals surface area contributed by atoms with E-state index >= 15 is 0 Å². The van der Waals surface area contributed by atoms with Crippen LogP contribution in [0.3, 0.4) is 0 Å². The number of nitrogens with zero attached hydrogens (tertiary/aromatic N) is 5. The molecule has 0 aliphatic carbocycles. The molecule has 1 amide bonds. The van der Waals surface area contributed by atoms with Gasteiger partial charge in [0.05, 0.1) is 5.75 Å². The Bertz CT molecular complexity index is 1070. The number of hydrogen-bond acceptors (Lipinski definition) is 7. The quantitative estimate of drug-likeness (QED) is 0.487. The Balaban J connectivity index is 1.62. The first-order chi connectivity index (χ1) is 13.7. The van der Waals surface area contributed by atoms with Gasteiger partial charge in [0.1, 0.15) is 5.82 Å². The topological polar surface area (TPSA) is 85.6 Å². The Morgan fingerprint density at radius 1 is 1.18 bits per heavy atom. The molecule has 10 heteroatoms. The number of carbonyl (C=O) groups excluding carboxylic acids is 1. The molecule has 4 aromatic rings. The summed E-state index contributed by atoms with van der Waals surface area (Å²) in [4.78, 5) is 20.3. The van der Waals surface area contributed by atoms with Crippen LogP contribution in [-0.2, 0) is 4.79 Å². The highest BCUT2D eigenvalue weighted by molar-refractivity contribution is 7.99. The van der Waals surface area contributed by atoms with E-state index < -0.39 is 0 Å². The molecule has 0 unspecified atom stereocenters. The van der Waals surface area contributed by atoms with E-state index in [1.54, 1.807) is 46.7 Å². The van der Waals surface area contributed by atoms with Gasteiger partial charge in [-0.2, -0.15) is 0 Å². The zero-order chi connectivity index (χ0) is 19.3. The monoisotopic (exact) mass is 412 g/mol. The Kier molecular flexibility index (Phi) is 5.40. The highest BCUT2D eigenvalue weighted by atomic mass is 32.2. The van der Waals surface area contributed by atoms with Gasteiger partial charge < -0.3 is 5.32 Å². The molecule has 4 rings (SSSR count). The number of anilines is 1. The van der Waals surface area contributed by atoms with Crippen molar-refractivity contribution in [1.29, 1.82) is 0 Å². The molecule has 0 saturated heterocycles. The van der Waals surface area contributed by atoms with Crippen LogP contribution in [0.1, 0.15) is 0 Å². The molecule has 0 fully saturated rings. The number of nitrogens with one attached hydrogen (secondary N) is 1. The van der Waals surface area contributed by atoms with Crippen LogP contribution in [0.15, 0.2) is 65.5 Å². The molecular weight excluding hydrogens is 399 g/mol. The molecule has 7 nitrogen and oxygen atoms in total. The van der Waals surface area contributed by atoms with Crippen LogP contribution in [0, 0.1) is 5.82 Å². The lowest BCUT2D eigenvalue weighted by Crippen LogP contribution is -2.14. The van der Waals surface area contributed by atoms with Crippen molar-refractivity contribution < 1.29 is 9.18 Å². The second kappa shape index (κ2) is 8.28. The third-order valence-electron chi connectivity index (χ3n) is 3.65. The van der Waals surface area contributed by atoms with Gasteiger partial charge in [0.15, 0.2) is 16.1 Å². The number of pyridine rings is 1. The molecule has 28 heavy (non-hydrogen) atoms. The molecule has 3 heterocycles. The van der Waals surface area contributed by atoms with Gasteiger partial charge in [0.25, 0.3) is 0 Å². The first-order valence-electron chi connectivity index (χ1n) is 8.14. The number of halogens is 1. The van der Waals surface area contributed by atoms with Gasteiger partial charge in [-0.15, -0.1) is 21.5 Å². The summed E-state index contributed by atoms with van der Waals surface area (Å²) < 4.78 is 15.1. The van der Waals surface area contributed by atoms with E-state index in [4.69, 9.17) is 0 Å². The summed E-state index contributed by atoms with van der Waals surface area (Å²) in [6, 6.07) is 9.67. The smallest absolute Gasteiger partial charge is 0.236 e. The fourth-order valence-electron chi connectivity index (χ4n) is 2.44. The lowest BCUT2D eigenvalue weighted by Gasteiger charge is -2.10. The zero-order valence-electron chi connectivity index (χ0n) is 14.3. The Labute approximate surface area is 167 Å². The summed E-state index contributed by atoms with van der Waals surface area (Å²) in [5.74, 6) is 0.155. The third kappa shape index (κ3) is 4.07. The molecule has 0 saturated carbocycles. The number of thioether (sulfide) groups is 1. The molecule has 0 aliphatic heterocycles. The summed E-state index contributed by atoms with van der Waals surface area (Å²) in [6.45, 7) is 0. The van der Waals surface area contributed by atoms with E-state index in [-0.39, 0.29) is 17.5 Å². The van der Waals surface area contributed by atoms with Gasteiger partial charge in [-0.1, -0.05) is 11.8 Å². The number of aromatic nitrogens is 5. The van der Waals surface area contributed by atoms with Crippen LogP contribution >= 0.6 is 23.1 Å². The number of rotatable bonds is 6. The first-order valence-corrected chi connectivity index (χ1v) is 10.0. The molecule has 3 aromatic heterocycles. The average molecular weight is 412 g/mol. The Morgan fingerprint density at radius 2 is 2.04 bits per heavy atom. The molecule has 0 spiro atoms. The standard InChI is InChI=1S/C18H13FN6OS2/c19-13-3-5-14(6-4-13)25-16(12-2-1-7-20-10-12)23-24-18(25)28-11-15(26)22-17-21-8-9-27-17/h1-10H,11H2,(H,21,22,26). The van der Waals surface area contributed by atoms with Crippen molar-refractivity contribution in [3.63, 3.8) is 0 Å². The zero-order valence-corrected chi connectivity index (χ0v) is 16.0. The maximum Gasteiger partial charge on any atom is 0.236 e. The van der Waals surface area contributed by atoms with Crippen LogP contribution in [0.4, 0.5) is 9.52 Å². The summed E-state index contributed by atoms with van der Waals surface area (Å²) in [5, 5.41) is 14.0. The minimum Gasteiger partial charge on any atom is -0.301 e. The molecule has 1 aromatic carbocycles. The van der Waals surface area contributed by atoms with Gasteiger partial charge in [-0.05, 0) is 36.4 Å². The normalized spacial score (nSPS) is 10.8. The predicted octanol–water partition coefficient (Wildman–Crippen LogP) is 3.66. The third-order valence-corrected chi connectivity index (χ3v) is 5.27. The SMILES string of the molecule is O=C(CSc1nnc(-c2cccnc2)n1-c1ccc(F)cc1)Nc1nccs1. The number of amides is 1. The van der Waals surface area contributed by atoms with Gasteiger partial charge in [-0.25, -0.2) is 9.37 Å². The van der Waals surface area contributed by atoms with E-state index in [0.717, 1.165) is 5.56 Å². The van der Waals surface area contributed by atoms with Gasteiger partial charge in [0.2, 0.25) is 5.91 Å². The van der Waals surface area contributed by atoms with Crippen molar-refractivity contribution in [3.8, 4) is 17.1 Å². The van der Waals surface area contributed by atoms with E-state index in [2.05, 4.69) is 25.5 Å². The Hall–Kier alpha value is -3.11. The molecule has 1 N–H and O–H groups in total. The van der Waals surface area contributed by atoms with Crippen molar-refractivity contribution in [2.45, 2.75) is 5.16 Å². The predicted molar refractivity (Wildman–Crippen MR) is 106 cm³/mol. The second-order valence-corrected chi connectivity index (χ2v) is 7.37. The summed E-state index contributed by atoms with van der Waals surface area (Å²) >= 11 is 2.58. The van der Waals surface area contributed by atoms with E-state index in [9.17, 15) is 9.18 Å². The summed E-state index contributed by atoms with van der Waals surface area (Å²) in [6.07, 6.45) is 4.97. The van der Waals surface area contributed by atoms with Crippen LogP contribution in [0.2, 0.25) is 0 Å². The number of benzene rings is 1. The molecule has 140 valence electrons. The summed E-state index contributed by atoms with van der Waals surface area (Å²) in [7, 11) is 0. The van der Waals surface area contributed by atoms with Crippen LogP contribution < -0.4 is 5.32 Å². The molecule has 0 radical (unpaired) electrons. The van der Waals surface area contributed by atoms with Crippen LogP contribution in [-0.4, -0.2) is 36.4 Å². The number of hydrogen-bond donors (Lipinski definition) is 1. The van der Waals surface area contributed by atoms with Crippen LogP contribution in [0.5, 0.6) is 0 Å². The minimum absolute atomic E-state index is 0.131. The van der Waals surface area contributed by atoms with Crippen molar-refractivity contribution >= 4 is 34.1 Å². The van der Waals surface area contributed by atoms with Gasteiger partial charge in [0, 0.05) is 35.2 Å². The highest BCUT2D eigenvalue weighted by Gasteiger charge is 2.17. The summed E-state index contributed by atoms with van der Waals surface area (Å²) in [5.41, 5.74) is 1.45. The van der Waals surface area contributed by atoms with Crippen molar-refractivity contribution in [3.05, 3.63) is 66.2 Å². The van der Waals surface area contributed by atoms with E-state index in [1.165, 1.54) is 35.2 Å². The van der Waals surface area contributed by atoms with Crippen molar-refractivity contribution in [2.24, 2.45) is 0 Å². The minimum atomic E-state index is -0.336. The fraction of sp³-hybridized carbons (Fsp3) is 0.0556. The largest absolute Gasteiger partial charge is 0.301 e. The number of thiazole rings is 1. The fourth-order valence-corrected chi connectivity index (χ4v) is 3.74. The average Bonchev–Trinajstić information content (AvgIpc) is 3.37. The Morgan fingerprint density at radius 3 is 2.75 bits per heavy atom. The van der Waals surface area contributed by atoms with Gasteiger partial charge >= 0.3 is 0 Å². The van der Waals surface area contributed by atoms with Crippen molar-refractivity contribution in [1.82, 2.24) is 24.7 Å².